The van der Waals surface area contributed by atoms with Gasteiger partial charge < -0.3 is 16.0 Å². The summed E-state index contributed by atoms with van der Waals surface area (Å²) in [5.41, 5.74) is 6.60. The number of aromatic nitrogens is 1. The summed E-state index contributed by atoms with van der Waals surface area (Å²) in [7, 11) is 0. The van der Waals surface area contributed by atoms with E-state index in [-0.39, 0.29) is 0 Å². The highest BCUT2D eigenvalue weighted by atomic mass is 15.1. The lowest BCUT2D eigenvalue weighted by Crippen LogP contribution is -2.22. The molecule has 0 amide bonds. The van der Waals surface area contributed by atoms with Crippen molar-refractivity contribution in [3.63, 3.8) is 0 Å². The van der Waals surface area contributed by atoms with Crippen LogP contribution in [0.4, 0.5) is 11.5 Å². The molecular formula is C12H20N4. The van der Waals surface area contributed by atoms with E-state index in [1.807, 2.05) is 12.1 Å². The highest BCUT2D eigenvalue weighted by Gasteiger charge is 2.20. The molecule has 0 spiro atoms. The minimum absolute atomic E-state index is 0.573. The van der Waals surface area contributed by atoms with Crippen molar-refractivity contribution in [2.24, 2.45) is 5.92 Å². The summed E-state index contributed by atoms with van der Waals surface area (Å²) in [5.74, 6) is 1.33. The van der Waals surface area contributed by atoms with E-state index in [0.29, 0.717) is 5.82 Å². The Morgan fingerprint density at radius 1 is 1.56 bits per heavy atom. The molecule has 1 fully saturated rings. The second kappa shape index (κ2) is 5.16. The van der Waals surface area contributed by atoms with Gasteiger partial charge in [-0.05, 0) is 37.6 Å². The van der Waals surface area contributed by atoms with Crippen molar-refractivity contribution in [1.82, 2.24) is 9.88 Å². The van der Waals surface area contributed by atoms with Crippen LogP contribution in [-0.2, 0) is 0 Å². The van der Waals surface area contributed by atoms with Crippen molar-refractivity contribution < 1.29 is 0 Å². The molecule has 88 valence electrons. The number of hydrogen-bond acceptors (Lipinski definition) is 4. The number of hydrogen-bond donors (Lipinski definition) is 2. The molecule has 1 saturated heterocycles. The lowest BCUT2D eigenvalue weighted by atomic mass is 10.1. The number of anilines is 2. The summed E-state index contributed by atoms with van der Waals surface area (Å²) in [4.78, 5) is 6.55. The van der Waals surface area contributed by atoms with Crippen molar-refractivity contribution in [2.45, 2.75) is 13.3 Å². The van der Waals surface area contributed by atoms with Gasteiger partial charge in [0.25, 0.3) is 0 Å². The van der Waals surface area contributed by atoms with Crippen LogP contribution in [0, 0.1) is 5.92 Å². The van der Waals surface area contributed by atoms with Gasteiger partial charge in [-0.25, -0.2) is 4.98 Å². The summed E-state index contributed by atoms with van der Waals surface area (Å²) in [6.45, 7) is 6.87. The van der Waals surface area contributed by atoms with Crippen molar-refractivity contribution in [3.8, 4) is 0 Å². The van der Waals surface area contributed by atoms with Gasteiger partial charge in [0.15, 0.2) is 0 Å². The molecule has 1 aliphatic rings. The molecule has 0 aliphatic carbocycles. The molecule has 1 atom stereocenters. The molecule has 0 radical (unpaired) electrons. The first-order chi connectivity index (χ1) is 7.78. The Morgan fingerprint density at radius 3 is 3.06 bits per heavy atom. The topological polar surface area (TPSA) is 54.2 Å². The molecule has 1 aromatic heterocycles. The van der Waals surface area contributed by atoms with E-state index < -0.39 is 0 Å². The lowest BCUT2D eigenvalue weighted by molar-refractivity contribution is 0.345. The summed E-state index contributed by atoms with van der Waals surface area (Å²) < 4.78 is 0. The maximum absolute atomic E-state index is 5.54. The van der Waals surface area contributed by atoms with Crippen LogP contribution in [0.1, 0.15) is 13.3 Å². The third-order valence-corrected chi connectivity index (χ3v) is 3.20. The van der Waals surface area contributed by atoms with Crippen LogP contribution in [0.25, 0.3) is 0 Å². The van der Waals surface area contributed by atoms with E-state index >= 15 is 0 Å². The number of rotatable bonds is 4. The number of pyridine rings is 1. The minimum atomic E-state index is 0.573. The van der Waals surface area contributed by atoms with E-state index in [9.17, 15) is 0 Å². The smallest absolute Gasteiger partial charge is 0.123 e. The maximum atomic E-state index is 5.54. The first-order valence-electron chi connectivity index (χ1n) is 5.95. The Bertz CT molecular complexity index is 322. The molecule has 4 heteroatoms. The molecule has 2 heterocycles. The molecule has 0 saturated carbocycles. The number of nitrogens with one attached hydrogen (secondary N) is 1. The van der Waals surface area contributed by atoms with Gasteiger partial charge in [-0.3, -0.25) is 0 Å². The van der Waals surface area contributed by atoms with Crippen LogP contribution in [-0.4, -0.2) is 36.1 Å². The van der Waals surface area contributed by atoms with Crippen LogP contribution >= 0.6 is 0 Å². The maximum Gasteiger partial charge on any atom is 0.123 e. The standard InChI is InChI=1S/C12H20N4/c1-2-16-6-5-10(9-16)7-14-11-3-4-12(13)15-8-11/h3-4,8,10,14H,2,5-7,9H2,1H3,(H2,13,15). The van der Waals surface area contributed by atoms with Crippen LogP contribution in [0.3, 0.4) is 0 Å². The SMILES string of the molecule is CCN1CCC(CNc2ccc(N)nc2)C1. The second-order valence-corrected chi connectivity index (χ2v) is 4.40. The fourth-order valence-corrected chi connectivity index (χ4v) is 2.14. The fraction of sp³-hybridized carbons (Fsp3) is 0.583. The first-order valence-corrected chi connectivity index (χ1v) is 5.95. The zero-order chi connectivity index (χ0) is 11.4. The van der Waals surface area contributed by atoms with E-state index in [0.717, 1.165) is 18.2 Å². The summed E-state index contributed by atoms with van der Waals surface area (Å²) in [6.07, 6.45) is 3.09. The molecule has 2 rings (SSSR count). The molecule has 16 heavy (non-hydrogen) atoms. The molecule has 1 aromatic rings. The Kier molecular flexibility index (Phi) is 3.62. The van der Waals surface area contributed by atoms with Crippen LogP contribution < -0.4 is 11.1 Å². The molecule has 4 nitrogen and oxygen atoms in total. The summed E-state index contributed by atoms with van der Waals surface area (Å²) in [5, 5.41) is 3.41. The Labute approximate surface area is 96.8 Å². The largest absolute Gasteiger partial charge is 0.384 e. The van der Waals surface area contributed by atoms with Gasteiger partial charge >= 0.3 is 0 Å². The number of likely N-dealkylation sites (tertiary alicyclic amines) is 1. The van der Waals surface area contributed by atoms with Crippen LogP contribution in [0.2, 0.25) is 0 Å². The second-order valence-electron chi connectivity index (χ2n) is 4.40. The van der Waals surface area contributed by atoms with Gasteiger partial charge in [0.1, 0.15) is 5.82 Å². The highest BCUT2D eigenvalue weighted by molar-refractivity contribution is 5.45. The third-order valence-electron chi connectivity index (χ3n) is 3.20. The van der Waals surface area contributed by atoms with Gasteiger partial charge in [0, 0.05) is 13.1 Å². The quantitative estimate of drug-likeness (QED) is 0.805. The van der Waals surface area contributed by atoms with E-state index in [2.05, 4.69) is 22.1 Å². The highest BCUT2D eigenvalue weighted by Crippen LogP contribution is 2.16. The van der Waals surface area contributed by atoms with Crippen molar-refractivity contribution in [3.05, 3.63) is 18.3 Å². The fourth-order valence-electron chi connectivity index (χ4n) is 2.14. The van der Waals surface area contributed by atoms with Gasteiger partial charge in [0.2, 0.25) is 0 Å². The molecular weight excluding hydrogens is 200 g/mol. The molecule has 1 aliphatic heterocycles. The average molecular weight is 220 g/mol. The molecule has 0 bridgehead atoms. The zero-order valence-electron chi connectivity index (χ0n) is 9.82. The molecule has 3 N–H and O–H groups in total. The number of nitrogens with zero attached hydrogens (tertiary/aromatic N) is 2. The lowest BCUT2D eigenvalue weighted by Gasteiger charge is -2.14. The third kappa shape index (κ3) is 2.85. The Morgan fingerprint density at radius 2 is 2.44 bits per heavy atom. The van der Waals surface area contributed by atoms with Gasteiger partial charge in [0.05, 0.1) is 11.9 Å². The number of nitrogen functional groups attached to an aromatic ring is 1. The van der Waals surface area contributed by atoms with Gasteiger partial charge in [-0.15, -0.1) is 0 Å². The molecule has 0 aromatic carbocycles. The first kappa shape index (κ1) is 11.2. The monoisotopic (exact) mass is 220 g/mol. The van der Waals surface area contributed by atoms with E-state index in [4.69, 9.17) is 5.73 Å². The van der Waals surface area contributed by atoms with Crippen molar-refractivity contribution >= 4 is 11.5 Å². The van der Waals surface area contributed by atoms with Crippen molar-refractivity contribution in [2.75, 3.05) is 37.2 Å². The summed E-state index contributed by atoms with van der Waals surface area (Å²) in [6, 6.07) is 3.81. The predicted molar refractivity (Wildman–Crippen MR) is 67.4 cm³/mol. The van der Waals surface area contributed by atoms with Crippen LogP contribution in [0.5, 0.6) is 0 Å². The predicted octanol–water partition coefficient (Wildman–Crippen LogP) is 1.42. The van der Waals surface area contributed by atoms with Crippen molar-refractivity contribution in [1.29, 1.82) is 0 Å². The average Bonchev–Trinajstić information content (AvgIpc) is 2.76. The van der Waals surface area contributed by atoms with Crippen LogP contribution in [0.15, 0.2) is 18.3 Å². The molecule has 1 unspecified atom stereocenters. The van der Waals surface area contributed by atoms with E-state index in [1.165, 1.54) is 26.1 Å². The normalized spacial score (nSPS) is 21.2. The Hall–Kier alpha value is -1.29. The zero-order valence-corrected chi connectivity index (χ0v) is 9.82. The number of nitrogens with two attached hydrogens (primary N) is 1. The minimum Gasteiger partial charge on any atom is -0.384 e. The van der Waals surface area contributed by atoms with Gasteiger partial charge in [-0.2, -0.15) is 0 Å². The summed E-state index contributed by atoms with van der Waals surface area (Å²) >= 11 is 0. The Balaban J connectivity index is 1.77. The van der Waals surface area contributed by atoms with E-state index in [1.54, 1.807) is 6.20 Å². The van der Waals surface area contributed by atoms with Gasteiger partial charge in [-0.1, -0.05) is 6.92 Å².